The number of nitrogens with one attached hydrogen (secondary N) is 1. The number of thiophene rings is 1. The maximum absolute atomic E-state index is 5.38. The quantitative estimate of drug-likeness (QED) is 0.941. The van der Waals surface area contributed by atoms with Gasteiger partial charge >= 0.3 is 0 Å². The second kappa shape index (κ2) is 6.51. The van der Waals surface area contributed by atoms with Gasteiger partial charge in [-0.2, -0.15) is 11.3 Å². The van der Waals surface area contributed by atoms with Crippen molar-refractivity contribution >= 4 is 17.2 Å². The van der Waals surface area contributed by atoms with Gasteiger partial charge in [0.05, 0.1) is 25.1 Å². The summed E-state index contributed by atoms with van der Waals surface area (Å²) in [4.78, 5) is 2.36. The molecule has 1 fully saturated rings. The van der Waals surface area contributed by atoms with Crippen LogP contribution in [0.25, 0.3) is 11.3 Å². The molecule has 1 aliphatic rings. The van der Waals surface area contributed by atoms with E-state index in [0.29, 0.717) is 0 Å². The average Bonchev–Trinajstić information content (AvgIpc) is 3.04. The highest BCUT2D eigenvalue weighted by atomic mass is 32.1. The number of hydrogen-bond acceptors (Lipinski definition) is 6. The molecule has 3 heterocycles. The summed E-state index contributed by atoms with van der Waals surface area (Å²) in [6, 6.07) is 4.15. The molecular formula is C15H20N4OS. The summed E-state index contributed by atoms with van der Waals surface area (Å²) in [7, 11) is 0. The minimum Gasteiger partial charge on any atom is -0.379 e. The number of hydrogen-bond donors (Lipinski definition) is 1. The maximum Gasteiger partial charge on any atom is 0.152 e. The number of nitrogens with zero attached hydrogens (tertiary/aromatic N) is 3. The predicted octanol–water partition coefficient (Wildman–Crippen LogP) is 2.60. The molecule has 21 heavy (non-hydrogen) atoms. The van der Waals surface area contributed by atoms with E-state index in [1.165, 1.54) is 0 Å². The van der Waals surface area contributed by atoms with Crippen LogP contribution in [0.2, 0.25) is 0 Å². The number of rotatable bonds is 4. The van der Waals surface area contributed by atoms with Gasteiger partial charge in [-0.25, -0.2) is 0 Å². The lowest BCUT2D eigenvalue weighted by Crippen LogP contribution is -2.45. The van der Waals surface area contributed by atoms with Gasteiger partial charge in [-0.1, -0.05) is 0 Å². The lowest BCUT2D eigenvalue weighted by molar-refractivity contribution is 0.0253. The zero-order valence-electron chi connectivity index (χ0n) is 12.4. The minimum atomic E-state index is 0.230. The molecule has 0 saturated carbocycles. The highest BCUT2D eigenvalue weighted by Crippen LogP contribution is 2.23. The standard InChI is InChI=1S/C15H20N4OS/c1-11-9-14(13-3-8-21-10-13)17-18-15(11)16-12(2)19-4-6-20-7-5-19/h3,8-10,12H,4-7H2,1-2H3,(H,16,18). The summed E-state index contributed by atoms with van der Waals surface area (Å²) in [5, 5.41) is 16.3. The van der Waals surface area contributed by atoms with E-state index < -0.39 is 0 Å². The molecule has 0 aliphatic carbocycles. The van der Waals surface area contributed by atoms with Crippen molar-refractivity contribution < 1.29 is 4.74 Å². The van der Waals surface area contributed by atoms with E-state index in [4.69, 9.17) is 4.74 Å². The van der Waals surface area contributed by atoms with Crippen LogP contribution in [0.4, 0.5) is 5.82 Å². The van der Waals surface area contributed by atoms with Gasteiger partial charge in [0.25, 0.3) is 0 Å². The number of anilines is 1. The smallest absolute Gasteiger partial charge is 0.152 e. The van der Waals surface area contributed by atoms with E-state index in [0.717, 1.165) is 48.9 Å². The Morgan fingerprint density at radius 1 is 1.33 bits per heavy atom. The molecule has 1 aliphatic heterocycles. The molecule has 1 saturated heterocycles. The summed E-state index contributed by atoms with van der Waals surface area (Å²) in [5.41, 5.74) is 3.17. The first-order chi connectivity index (χ1) is 10.2. The van der Waals surface area contributed by atoms with E-state index in [1.54, 1.807) is 11.3 Å². The summed E-state index contributed by atoms with van der Waals surface area (Å²) < 4.78 is 5.38. The number of ether oxygens (including phenoxy) is 1. The molecule has 1 atom stereocenters. The Morgan fingerprint density at radius 3 is 2.81 bits per heavy atom. The first-order valence-corrected chi connectivity index (χ1v) is 8.13. The largest absolute Gasteiger partial charge is 0.379 e. The van der Waals surface area contributed by atoms with Crippen molar-refractivity contribution in [3.8, 4) is 11.3 Å². The Hall–Kier alpha value is -1.50. The Bertz CT molecular complexity index is 581. The molecule has 0 spiro atoms. The number of aromatic nitrogens is 2. The van der Waals surface area contributed by atoms with Crippen LogP contribution in [0.3, 0.4) is 0 Å². The van der Waals surface area contributed by atoms with E-state index in [9.17, 15) is 0 Å². The van der Waals surface area contributed by atoms with Gasteiger partial charge < -0.3 is 10.1 Å². The fourth-order valence-corrected chi connectivity index (χ4v) is 3.08. The molecule has 1 unspecified atom stereocenters. The molecule has 112 valence electrons. The highest BCUT2D eigenvalue weighted by Gasteiger charge is 2.18. The van der Waals surface area contributed by atoms with Crippen LogP contribution in [0.1, 0.15) is 12.5 Å². The lowest BCUT2D eigenvalue weighted by Gasteiger charge is -2.33. The van der Waals surface area contributed by atoms with Crippen molar-refractivity contribution in [3.05, 3.63) is 28.5 Å². The molecule has 0 bridgehead atoms. The Balaban J connectivity index is 1.71. The molecule has 2 aromatic heterocycles. The maximum atomic E-state index is 5.38. The van der Waals surface area contributed by atoms with Crippen LogP contribution in [0.15, 0.2) is 22.9 Å². The molecule has 0 radical (unpaired) electrons. The third-order valence-electron chi connectivity index (χ3n) is 3.74. The van der Waals surface area contributed by atoms with Crippen LogP contribution in [0.5, 0.6) is 0 Å². The summed E-state index contributed by atoms with van der Waals surface area (Å²) >= 11 is 1.67. The van der Waals surface area contributed by atoms with Gasteiger partial charge in [0.2, 0.25) is 0 Å². The average molecular weight is 304 g/mol. The molecule has 0 aromatic carbocycles. The zero-order valence-corrected chi connectivity index (χ0v) is 13.2. The monoisotopic (exact) mass is 304 g/mol. The molecule has 6 heteroatoms. The van der Waals surface area contributed by atoms with Crippen LogP contribution < -0.4 is 5.32 Å². The molecule has 0 amide bonds. The van der Waals surface area contributed by atoms with E-state index in [2.05, 4.69) is 57.2 Å². The fourth-order valence-electron chi connectivity index (χ4n) is 2.43. The van der Waals surface area contributed by atoms with Crippen LogP contribution in [-0.4, -0.2) is 47.6 Å². The van der Waals surface area contributed by atoms with Crippen LogP contribution in [0, 0.1) is 6.92 Å². The molecule has 1 N–H and O–H groups in total. The van der Waals surface area contributed by atoms with Crippen LogP contribution in [-0.2, 0) is 4.74 Å². The summed E-state index contributed by atoms with van der Waals surface area (Å²) in [6.45, 7) is 7.72. The number of aryl methyl sites for hydroxylation is 1. The van der Waals surface area contributed by atoms with Gasteiger partial charge in [0.1, 0.15) is 0 Å². The van der Waals surface area contributed by atoms with Gasteiger partial charge in [-0.15, -0.1) is 10.2 Å². The van der Waals surface area contributed by atoms with Gasteiger partial charge in [-0.05, 0) is 36.9 Å². The second-order valence-electron chi connectivity index (χ2n) is 5.24. The first kappa shape index (κ1) is 14.4. The van der Waals surface area contributed by atoms with Gasteiger partial charge in [0, 0.05) is 24.0 Å². The SMILES string of the molecule is Cc1cc(-c2ccsc2)nnc1NC(C)N1CCOCC1. The minimum absolute atomic E-state index is 0.230. The van der Waals surface area contributed by atoms with Crippen molar-refractivity contribution in [2.45, 2.75) is 20.0 Å². The van der Waals surface area contributed by atoms with E-state index in [-0.39, 0.29) is 6.17 Å². The third-order valence-corrected chi connectivity index (χ3v) is 4.42. The van der Waals surface area contributed by atoms with Crippen molar-refractivity contribution in [3.63, 3.8) is 0 Å². The second-order valence-corrected chi connectivity index (χ2v) is 6.02. The van der Waals surface area contributed by atoms with Gasteiger partial charge in [0.15, 0.2) is 5.82 Å². The van der Waals surface area contributed by atoms with E-state index >= 15 is 0 Å². The van der Waals surface area contributed by atoms with Gasteiger partial charge in [-0.3, -0.25) is 4.90 Å². The lowest BCUT2D eigenvalue weighted by atomic mass is 10.2. The Kier molecular flexibility index (Phi) is 4.48. The number of morpholine rings is 1. The highest BCUT2D eigenvalue weighted by molar-refractivity contribution is 7.08. The summed E-state index contributed by atoms with van der Waals surface area (Å²) in [6.07, 6.45) is 0.230. The molecule has 2 aromatic rings. The van der Waals surface area contributed by atoms with Crippen molar-refractivity contribution in [1.82, 2.24) is 15.1 Å². The topological polar surface area (TPSA) is 50.3 Å². The molecular weight excluding hydrogens is 284 g/mol. The third kappa shape index (κ3) is 3.40. The van der Waals surface area contributed by atoms with Crippen molar-refractivity contribution in [1.29, 1.82) is 0 Å². The molecule has 5 nitrogen and oxygen atoms in total. The molecule has 3 rings (SSSR count). The Morgan fingerprint density at radius 2 is 2.14 bits per heavy atom. The predicted molar refractivity (Wildman–Crippen MR) is 85.6 cm³/mol. The fraction of sp³-hybridized carbons (Fsp3) is 0.467. The summed E-state index contributed by atoms with van der Waals surface area (Å²) in [5.74, 6) is 0.855. The van der Waals surface area contributed by atoms with Crippen molar-refractivity contribution in [2.75, 3.05) is 31.6 Å². The van der Waals surface area contributed by atoms with Crippen LogP contribution >= 0.6 is 11.3 Å². The first-order valence-electron chi connectivity index (χ1n) is 7.19. The Labute approximate surface area is 129 Å². The van der Waals surface area contributed by atoms with E-state index in [1.807, 2.05) is 0 Å². The van der Waals surface area contributed by atoms with Crippen molar-refractivity contribution in [2.24, 2.45) is 0 Å². The normalized spacial score (nSPS) is 17.6. The zero-order chi connectivity index (χ0) is 14.7.